The number of hydrogen-bond acceptors (Lipinski definition) is 2. The van der Waals surface area contributed by atoms with E-state index in [9.17, 15) is 4.79 Å². The van der Waals surface area contributed by atoms with Gasteiger partial charge in [-0.25, -0.2) is 0 Å². The molecule has 0 bridgehead atoms. The van der Waals surface area contributed by atoms with Gasteiger partial charge in [0.1, 0.15) is 0 Å². The lowest BCUT2D eigenvalue weighted by Crippen LogP contribution is -2.10. The fraction of sp³-hybridized carbons (Fsp3) is 0.357. The Morgan fingerprint density at radius 2 is 2.12 bits per heavy atom. The lowest BCUT2D eigenvalue weighted by atomic mass is 10.0. The van der Waals surface area contributed by atoms with Crippen molar-refractivity contribution in [2.45, 2.75) is 31.4 Å². The van der Waals surface area contributed by atoms with Crippen molar-refractivity contribution in [3.63, 3.8) is 0 Å². The van der Waals surface area contributed by atoms with E-state index >= 15 is 0 Å². The topological polar surface area (TPSA) is 32.9 Å². The first kappa shape index (κ1) is 12.2. The van der Waals surface area contributed by atoms with Crippen molar-refractivity contribution in [3.8, 4) is 0 Å². The van der Waals surface area contributed by atoms with Crippen molar-refractivity contribution >= 4 is 23.5 Å². The standard InChI is InChI=1S/C14H17NOS/c1-2-5-11(17)8-10-9-14(16)15-13-7-4-3-6-12(10)13/h3-4,6-7,9,11,17H,2,5,8H2,1H3,(H,15,16). The highest BCUT2D eigenvalue weighted by molar-refractivity contribution is 7.80. The van der Waals surface area contributed by atoms with E-state index in [4.69, 9.17) is 0 Å². The zero-order chi connectivity index (χ0) is 12.3. The van der Waals surface area contributed by atoms with Crippen LogP contribution in [0.25, 0.3) is 10.9 Å². The van der Waals surface area contributed by atoms with E-state index < -0.39 is 0 Å². The number of rotatable bonds is 4. The molecule has 0 saturated carbocycles. The van der Waals surface area contributed by atoms with Crippen molar-refractivity contribution in [2.75, 3.05) is 0 Å². The van der Waals surface area contributed by atoms with Gasteiger partial charge in [0.25, 0.3) is 0 Å². The predicted octanol–water partition coefficient (Wildman–Crippen LogP) is 3.17. The van der Waals surface area contributed by atoms with E-state index in [1.54, 1.807) is 6.07 Å². The third-order valence-corrected chi connectivity index (χ3v) is 3.35. The van der Waals surface area contributed by atoms with Gasteiger partial charge in [0.05, 0.1) is 0 Å². The molecule has 2 aromatic rings. The van der Waals surface area contributed by atoms with Crippen LogP contribution in [-0.4, -0.2) is 10.2 Å². The number of thiol groups is 1. The number of pyridine rings is 1. The normalized spacial score (nSPS) is 12.8. The molecular formula is C14H17NOS. The van der Waals surface area contributed by atoms with Crippen LogP contribution in [0.2, 0.25) is 0 Å². The van der Waals surface area contributed by atoms with Crippen molar-refractivity contribution in [1.82, 2.24) is 4.98 Å². The van der Waals surface area contributed by atoms with Crippen molar-refractivity contribution in [2.24, 2.45) is 0 Å². The minimum Gasteiger partial charge on any atom is -0.322 e. The Labute approximate surface area is 106 Å². The number of para-hydroxylation sites is 1. The molecule has 17 heavy (non-hydrogen) atoms. The summed E-state index contributed by atoms with van der Waals surface area (Å²) in [5, 5.41) is 1.45. The molecule has 1 heterocycles. The molecular weight excluding hydrogens is 230 g/mol. The number of aromatic amines is 1. The third kappa shape index (κ3) is 2.91. The second kappa shape index (κ2) is 5.41. The van der Waals surface area contributed by atoms with Crippen LogP contribution in [-0.2, 0) is 6.42 Å². The summed E-state index contributed by atoms with van der Waals surface area (Å²) in [5.41, 5.74) is 1.97. The van der Waals surface area contributed by atoms with Crippen LogP contribution >= 0.6 is 12.6 Å². The van der Waals surface area contributed by atoms with E-state index in [1.165, 1.54) is 0 Å². The van der Waals surface area contributed by atoms with Gasteiger partial charge in [0.2, 0.25) is 5.56 Å². The highest BCUT2D eigenvalue weighted by atomic mass is 32.1. The van der Waals surface area contributed by atoms with Crippen LogP contribution < -0.4 is 5.56 Å². The van der Waals surface area contributed by atoms with Crippen LogP contribution in [0.3, 0.4) is 0 Å². The first-order chi connectivity index (χ1) is 8.20. The predicted molar refractivity (Wildman–Crippen MR) is 76.0 cm³/mol. The van der Waals surface area contributed by atoms with E-state index in [0.29, 0.717) is 5.25 Å². The van der Waals surface area contributed by atoms with Gasteiger partial charge in [-0.3, -0.25) is 4.79 Å². The largest absolute Gasteiger partial charge is 0.322 e. The summed E-state index contributed by atoms with van der Waals surface area (Å²) in [6.45, 7) is 2.15. The molecule has 0 fully saturated rings. The van der Waals surface area contributed by atoms with Crippen molar-refractivity contribution in [3.05, 3.63) is 46.2 Å². The quantitative estimate of drug-likeness (QED) is 0.799. The fourth-order valence-electron chi connectivity index (χ4n) is 2.13. The Hall–Kier alpha value is -1.22. The zero-order valence-corrected chi connectivity index (χ0v) is 10.8. The number of benzene rings is 1. The molecule has 90 valence electrons. The molecule has 0 saturated heterocycles. The first-order valence-corrected chi connectivity index (χ1v) is 6.51. The maximum absolute atomic E-state index is 11.6. The van der Waals surface area contributed by atoms with E-state index in [1.807, 2.05) is 24.3 Å². The minimum absolute atomic E-state index is 0.0317. The Bertz CT molecular complexity index is 561. The van der Waals surface area contributed by atoms with Crippen LogP contribution in [0, 0.1) is 0 Å². The number of nitrogens with one attached hydrogen (secondary N) is 1. The summed E-state index contributed by atoms with van der Waals surface area (Å²) in [6, 6.07) is 9.62. The molecule has 0 aliphatic rings. The summed E-state index contributed by atoms with van der Waals surface area (Å²) in [5.74, 6) is 0. The lowest BCUT2D eigenvalue weighted by molar-refractivity contribution is 0.740. The third-order valence-electron chi connectivity index (χ3n) is 2.91. The number of H-pyrrole nitrogens is 1. The molecule has 1 aromatic carbocycles. The van der Waals surface area contributed by atoms with Crippen LogP contribution in [0.4, 0.5) is 0 Å². The van der Waals surface area contributed by atoms with Gasteiger partial charge in [-0.2, -0.15) is 12.6 Å². The minimum atomic E-state index is -0.0317. The number of aromatic nitrogens is 1. The van der Waals surface area contributed by atoms with Gasteiger partial charge in [-0.05, 0) is 24.5 Å². The summed E-state index contributed by atoms with van der Waals surface area (Å²) in [4.78, 5) is 14.4. The molecule has 1 aromatic heterocycles. The molecule has 2 nitrogen and oxygen atoms in total. The fourth-order valence-corrected chi connectivity index (χ4v) is 2.59. The van der Waals surface area contributed by atoms with Crippen LogP contribution in [0.5, 0.6) is 0 Å². The number of hydrogen-bond donors (Lipinski definition) is 2. The van der Waals surface area contributed by atoms with E-state index in [2.05, 4.69) is 24.5 Å². The van der Waals surface area contributed by atoms with E-state index in [-0.39, 0.29) is 5.56 Å². The Kier molecular flexibility index (Phi) is 3.89. The second-order valence-corrected chi connectivity index (χ2v) is 5.08. The number of fused-ring (bicyclic) bond motifs is 1. The maximum atomic E-state index is 11.6. The second-order valence-electron chi connectivity index (χ2n) is 4.35. The highest BCUT2D eigenvalue weighted by Gasteiger charge is 2.08. The molecule has 3 heteroatoms. The summed E-state index contributed by atoms with van der Waals surface area (Å²) < 4.78 is 0. The van der Waals surface area contributed by atoms with Gasteiger partial charge < -0.3 is 4.98 Å². The summed E-state index contributed by atoms with van der Waals surface area (Å²) >= 11 is 4.57. The van der Waals surface area contributed by atoms with Crippen molar-refractivity contribution in [1.29, 1.82) is 0 Å². The van der Waals surface area contributed by atoms with Gasteiger partial charge in [0, 0.05) is 22.2 Å². The Morgan fingerprint density at radius 1 is 1.35 bits per heavy atom. The van der Waals surface area contributed by atoms with Gasteiger partial charge >= 0.3 is 0 Å². The van der Waals surface area contributed by atoms with E-state index in [0.717, 1.165) is 35.7 Å². The average molecular weight is 247 g/mol. The van der Waals surface area contributed by atoms with Crippen LogP contribution in [0.1, 0.15) is 25.3 Å². The van der Waals surface area contributed by atoms with Crippen LogP contribution in [0.15, 0.2) is 35.1 Å². The van der Waals surface area contributed by atoms with Crippen molar-refractivity contribution < 1.29 is 0 Å². The Morgan fingerprint density at radius 3 is 2.88 bits per heavy atom. The molecule has 0 aliphatic carbocycles. The molecule has 1 N–H and O–H groups in total. The molecule has 0 radical (unpaired) electrons. The lowest BCUT2D eigenvalue weighted by Gasteiger charge is -2.11. The Balaban J connectivity index is 2.42. The summed E-state index contributed by atoms with van der Waals surface area (Å²) in [7, 11) is 0. The molecule has 2 rings (SSSR count). The monoisotopic (exact) mass is 247 g/mol. The SMILES string of the molecule is CCCC(S)Cc1cc(=O)[nH]c2ccccc12. The highest BCUT2D eigenvalue weighted by Crippen LogP contribution is 2.19. The molecule has 1 unspecified atom stereocenters. The summed E-state index contributed by atoms with van der Waals surface area (Å²) in [6.07, 6.45) is 3.04. The maximum Gasteiger partial charge on any atom is 0.248 e. The molecule has 0 spiro atoms. The van der Waals surface area contributed by atoms with Gasteiger partial charge in [-0.15, -0.1) is 0 Å². The smallest absolute Gasteiger partial charge is 0.248 e. The first-order valence-electron chi connectivity index (χ1n) is 5.99. The molecule has 0 aliphatic heterocycles. The van der Waals surface area contributed by atoms with Gasteiger partial charge in [0.15, 0.2) is 0 Å². The molecule has 0 amide bonds. The van der Waals surface area contributed by atoms with Gasteiger partial charge in [-0.1, -0.05) is 31.5 Å². The zero-order valence-electron chi connectivity index (χ0n) is 9.94. The average Bonchev–Trinajstić information content (AvgIpc) is 2.29. The molecule has 1 atom stereocenters.